The number of fused-ring (bicyclic) bond motifs is 6. The van der Waals surface area contributed by atoms with Crippen LogP contribution in [0.5, 0.6) is 0 Å². The highest BCUT2D eigenvalue weighted by Crippen LogP contribution is 2.39. The first-order valence-electron chi connectivity index (χ1n) is 10.0. The van der Waals surface area contributed by atoms with Gasteiger partial charge in [0.15, 0.2) is 0 Å². The largest absolute Gasteiger partial charge is 0.506 e. The minimum absolute atomic E-state index is 0.229. The van der Waals surface area contributed by atoms with E-state index in [1.54, 1.807) is 11.5 Å². The Labute approximate surface area is 186 Å². The van der Waals surface area contributed by atoms with Crippen molar-refractivity contribution in [2.45, 2.75) is 33.4 Å². The van der Waals surface area contributed by atoms with Crippen LogP contribution in [0.15, 0.2) is 45.7 Å². The molecule has 0 fully saturated rings. The van der Waals surface area contributed by atoms with E-state index >= 15 is 0 Å². The Morgan fingerprint density at radius 2 is 2.00 bits per heavy atom. The second-order valence-electron chi connectivity index (χ2n) is 7.73. The van der Waals surface area contributed by atoms with Gasteiger partial charge in [0.05, 0.1) is 29.0 Å². The first kappa shape index (κ1) is 19.8. The van der Waals surface area contributed by atoms with Crippen LogP contribution in [0.3, 0.4) is 0 Å². The summed E-state index contributed by atoms with van der Waals surface area (Å²) in [6.07, 6.45) is -0.587. The van der Waals surface area contributed by atoms with Gasteiger partial charge in [0.25, 0.3) is 5.56 Å². The normalized spacial score (nSPS) is 12.2. The molecule has 0 spiro atoms. The molecule has 2 aromatic carbocycles. The summed E-state index contributed by atoms with van der Waals surface area (Å²) in [5, 5.41) is 12.2. The maximum absolute atomic E-state index is 13.2. The van der Waals surface area contributed by atoms with Gasteiger partial charge in [0.2, 0.25) is 0 Å². The number of benzene rings is 2. The predicted molar refractivity (Wildman–Crippen MR) is 123 cm³/mol. The lowest BCUT2D eigenvalue weighted by Crippen LogP contribution is -2.25. The summed E-state index contributed by atoms with van der Waals surface area (Å²) in [6, 6.07) is 12.2. The number of ether oxygens (including phenoxy) is 1. The maximum Gasteiger partial charge on any atom is 0.506 e. The van der Waals surface area contributed by atoms with Crippen molar-refractivity contribution in [1.82, 2.24) is 9.55 Å². The number of hydrogen-bond acceptors (Lipinski definition) is 4. The highest BCUT2D eigenvalue weighted by atomic mass is 79.9. The van der Waals surface area contributed by atoms with E-state index in [2.05, 4.69) is 45.8 Å². The fourth-order valence-electron chi connectivity index (χ4n) is 4.58. The molecule has 0 saturated carbocycles. The van der Waals surface area contributed by atoms with E-state index in [0.717, 1.165) is 49.5 Å². The maximum atomic E-state index is 13.2. The summed E-state index contributed by atoms with van der Waals surface area (Å²) in [7, 11) is 0. The number of carboxylic acid groups (broad SMARTS) is 1. The zero-order valence-corrected chi connectivity index (χ0v) is 18.6. The van der Waals surface area contributed by atoms with Crippen LogP contribution in [0, 0.1) is 6.92 Å². The number of halogens is 1. The molecule has 7 heteroatoms. The van der Waals surface area contributed by atoms with Crippen LogP contribution in [0.4, 0.5) is 4.79 Å². The summed E-state index contributed by atoms with van der Waals surface area (Å²) in [4.78, 5) is 29.0. The Kier molecular flexibility index (Phi) is 4.59. The van der Waals surface area contributed by atoms with E-state index in [-0.39, 0.29) is 12.2 Å². The minimum Gasteiger partial charge on any atom is -0.450 e. The van der Waals surface area contributed by atoms with E-state index in [1.165, 1.54) is 5.56 Å². The molecule has 0 unspecified atom stereocenters. The van der Waals surface area contributed by atoms with E-state index in [4.69, 9.17) is 10.1 Å². The molecule has 3 heterocycles. The van der Waals surface area contributed by atoms with Gasteiger partial charge in [-0.2, -0.15) is 0 Å². The molecule has 0 saturated heterocycles. The molecule has 0 aliphatic carbocycles. The first-order valence-corrected chi connectivity index (χ1v) is 10.8. The van der Waals surface area contributed by atoms with Gasteiger partial charge in [-0.1, -0.05) is 35.0 Å². The van der Waals surface area contributed by atoms with Crippen LogP contribution in [0.1, 0.15) is 29.2 Å². The molecule has 0 radical (unpaired) electrons. The zero-order chi connectivity index (χ0) is 21.9. The van der Waals surface area contributed by atoms with Gasteiger partial charge in [-0.15, -0.1) is 0 Å². The smallest absolute Gasteiger partial charge is 0.450 e. The molecule has 31 heavy (non-hydrogen) atoms. The zero-order valence-electron chi connectivity index (χ0n) is 17.0. The van der Waals surface area contributed by atoms with E-state index in [1.807, 2.05) is 18.2 Å². The molecule has 4 aromatic rings. The molecule has 0 bridgehead atoms. The van der Waals surface area contributed by atoms with Crippen molar-refractivity contribution in [3.05, 3.63) is 73.5 Å². The Hall–Kier alpha value is -3.19. The van der Waals surface area contributed by atoms with E-state index in [9.17, 15) is 9.59 Å². The lowest BCUT2D eigenvalue weighted by atomic mass is 9.94. The fourth-order valence-corrected chi connectivity index (χ4v) is 4.94. The molecule has 156 valence electrons. The Morgan fingerprint density at radius 1 is 1.23 bits per heavy atom. The molecule has 0 amide bonds. The lowest BCUT2D eigenvalue weighted by molar-refractivity contribution is 0.0848. The van der Waals surface area contributed by atoms with Crippen molar-refractivity contribution in [3.63, 3.8) is 0 Å². The Balaban J connectivity index is 1.78. The number of rotatable bonds is 3. The van der Waals surface area contributed by atoms with Gasteiger partial charge >= 0.3 is 6.16 Å². The van der Waals surface area contributed by atoms with Gasteiger partial charge in [0, 0.05) is 15.4 Å². The molecule has 5 rings (SSSR count). The van der Waals surface area contributed by atoms with Gasteiger partial charge in [0.1, 0.15) is 6.61 Å². The number of carbonyl (C=O) groups is 1. The van der Waals surface area contributed by atoms with Crippen LogP contribution in [-0.4, -0.2) is 20.8 Å². The van der Waals surface area contributed by atoms with E-state index in [0.29, 0.717) is 17.7 Å². The van der Waals surface area contributed by atoms with Gasteiger partial charge < -0.3 is 14.4 Å². The standard InChI is InChI=1S/C24H19BrN2O4/c1-3-15-17-10-27-20(8-12(2)18(23(27)28)11-31-24(29)30)22(17)26-19-7-5-13-4-6-14(25)9-16(13)21(15)19/h4-9H,3,10-11H2,1-2H3,(H,29,30). The molecule has 2 aromatic heterocycles. The summed E-state index contributed by atoms with van der Waals surface area (Å²) in [6.45, 7) is 4.08. The van der Waals surface area contributed by atoms with Crippen molar-refractivity contribution in [1.29, 1.82) is 0 Å². The number of hydrogen-bond donors (Lipinski definition) is 1. The van der Waals surface area contributed by atoms with Crippen LogP contribution in [0.2, 0.25) is 0 Å². The molecule has 1 aliphatic heterocycles. The third kappa shape index (κ3) is 3.03. The summed E-state index contributed by atoms with van der Waals surface area (Å²) < 4.78 is 7.37. The van der Waals surface area contributed by atoms with Crippen molar-refractivity contribution < 1.29 is 14.6 Å². The van der Waals surface area contributed by atoms with Gasteiger partial charge in [-0.3, -0.25) is 4.79 Å². The third-order valence-electron chi connectivity index (χ3n) is 6.02. The van der Waals surface area contributed by atoms with Crippen molar-refractivity contribution >= 4 is 43.8 Å². The van der Waals surface area contributed by atoms with Crippen molar-refractivity contribution in [2.24, 2.45) is 0 Å². The number of aromatic nitrogens is 2. The molecule has 6 nitrogen and oxygen atoms in total. The molecule has 1 aliphatic rings. The van der Waals surface area contributed by atoms with Crippen LogP contribution < -0.4 is 5.56 Å². The van der Waals surface area contributed by atoms with Crippen LogP contribution >= 0.6 is 15.9 Å². The summed E-state index contributed by atoms with van der Waals surface area (Å²) in [5.41, 5.74) is 5.56. The molecular formula is C24H19BrN2O4. The number of aryl methyl sites for hydroxylation is 2. The van der Waals surface area contributed by atoms with Crippen molar-refractivity contribution in [3.8, 4) is 11.4 Å². The monoisotopic (exact) mass is 478 g/mol. The fraction of sp³-hybridized carbons (Fsp3) is 0.208. The van der Waals surface area contributed by atoms with Gasteiger partial charge in [-0.05, 0) is 59.5 Å². The average Bonchev–Trinajstić information content (AvgIpc) is 3.10. The second kappa shape index (κ2) is 7.20. The number of nitrogens with zero attached hydrogens (tertiary/aromatic N) is 2. The summed E-state index contributed by atoms with van der Waals surface area (Å²) in [5.74, 6) is 0. The number of pyridine rings is 2. The summed E-state index contributed by atoms with van der Waals surface area (Å²) >= 11 is 3.58. The Morgan fingerprint density at radius 3 is 2.74 bits per heavy atom. The minimum atomic E-state index is -1.40. The quantitative estimate of drug-likeness (QED) is 0.277. The second-order valence-corrected chi connectivity index (χ2v) is 8.65. The third-order valence-corrected chi connectivity index (χ3v) is 6.51. The molecule has 1 N–H and O–H groups in total. The predicted octanol–water partition coefficient (Wildman–Crippen LogP) is 5.41. The SMILES string of the molecule is CCc1c2c(nc3ccc4ccc(Br)cc4c13)-c1cc(C)c(COC(=O)O)c(=O)n1C2. The highest BCUT2D eigenvalue weighted by Gasteiger charge is 2.27. The molecular weight excluding hydrogens is 460 g/mol. The van der Waals surface area contributed by atoms with Gasteiger partial charge in [-0.25, -0.2) is 9.78 Å². The average molecular weight is 479 g/mol. The molecule has 0 atom stereocenters. The van der Waals surface area contributed by atoms with Crippen molar-refractivity contribution in [2.75, 3.05) is 0 Å². The van der Waals surface area contributed by atoms with Crippen LogP contribution in [-0.2, 0) is 24.3 Å². The topological polar surface area (TPSA) is 81.4 Å². The lowest BCUT2D eigenvalue weighted by Gasteiger charge is -2.13. The van der Waals surface area contributed by atoms with Crippen LogP contribution in [0.25, 0.3) is 33.1 Å². The Bertz CT molecular complexity index is 1470. The highest BCUT2D eigenvalue weighted by molar-refractivity contribution is 9.10. The first-order chi connectivity index (χ1) is 14.9. The van der Waals surface area contributed by atoms with E-state index < -0.39 is 6.16 Å².